The predicted molar refractivity (Wildman–Crippen MR) is 108 cm³/mol. The summed E-state index contributed by atoms with van der Waals surface area (Å²) in [5.41, 5.74) is 2.74. The molecule has 1 heterocycles. The Hall–Kier alpha value is -2.24. The highest BCUT2D eigenvalue weighted by Gasteiger charge is 2.22. The Bertz CT molecular complexity index is 909. The van der Waals surface area contributed by atoms with Gasteiger partial charge in [-0.1, -0.05) is 66.6 Å². The standard InChI is InChI=1S/C20H20ClN3OS/c1-3-4-12-24(19(25)15-9-7-10-16(21)13-15)20-23-22-18(26-20)17-11-6-5-8-14(17)2/h5-11,13H,3-4,12H2,1-2H3. The third-order valence-electron chi connectivity index (χ3n) is 4.07. The molecule has 134 valence electrons. The molecule has 0 N–H and O–H groups in total. The van der Waals surface area contributed by atoms with Crippen LogP contribution in [0.3, 0.4) is 0 Å². The Labute approximate surface area is 162 Å². The van der Waals surface area contributed by atoms with Crippen molar-refractivity contribution in [3.05, 3.63) is 64.7 Å². The molecular weight excluding hydrogens is 366 g/mol. The van der Waals surface area contributed by atoms with Gasteiger partial charge in [0, 0.05) is 22.7 Å². The van der Waals surface area contributed by atoms with Gasteiger partial charge in [-0.25, -0.2) is 0 Å². The van der Waals surface area contributed by atoms with Gasteiger partial charge in [0.25, 0.3) is 5.91 Å². The van der Waals surface area contributed by atoms with E-state index in [1.54, 1.807) is 29.2 Å². The van der Waals surface area contributed by atoms with Gasteiger partial charge >= 0.3 is 0 Å². The summed E-state index contributed by atoms with van der Waals surface area (Å²) in [4.78, 5) is 14.7. The Morgan fingerprint density at radius 3 is 2.69 bits per heavy atom. The largest absolute Gasteiger partial charge is 0.283 e. The number of unbranched alkanes of at least 4 members (excludes halogenated alkanes) is 1. The summed E-state index contributed by atoms with van der Waals surface area (Å²) in [6.45, 7) is 4.74. The average molecular weight is 386 g/mol. The minimum absolute atomic E-state index is 0.103. The van der Waals surface area contributed by atoms with Crippen molar-refractivity contribution in [2.24, 2.45) is 0 Å². The molecule has 2 aromatic carbocycles. The van der Waals surface area contributed by atoms with Gasteiger partial charge in [-0.15, -0.1) is 10.2 Å². The van der Waals surface area contributed by atoms with Gasteiger partial charge in [-0.3, -0.25) is 9.69 Å². The van der Waals surface area contributed by atoms with Crippen molar-refractivity contribution in [2.75, 3.05) is 11.4 Å². The van der Waals surface area contributed by atoms with Crippen LogP contribution in [0.25, 0.3) is 10.6 Å². The first-order valence-corrected chi connectivity index (χ1v) is 9.76. The number of carbonyl (C=O) groups is 1. The summed E-state index contributed by atoms with van der Waals surface area (Å²) in [6, 6.07) is 15.1. The van der Waals surface area contributed by atoms with E-state index in [0.29, 0.717) is 22.3 Å². The van der Waals surface area contributed by atoms with Crippen LogP contribution in [0, 0.1) is 6.92 Å². The third-order valence-corrected chi connectivity index (χ3v) is 5.29. The molecule has 26 heavy (non-hydrogen) atoms. The zero-order chi connectivity index (χ0) is 18.5. The van der Waals surface area contributed by atoms with Crippen LogP contribution in [0.5, 0.6) is 0 Å². The number of hydrogen-bond acceptors (Lipinski definition) is 4. The van der Waals surface area contributed by atoms with Gasteiger partial charge < -0.3 is 0 Å². The van der Waals surface area contributed by atoms with E-state index in [-0.39, 0.29) is 5.91 Å². The van der Waals surface area contributed by atoms with Crippen LogP contribution in [-0.4, -0.2) is 22.6 Å². The number of aryl methyl sites for hydroxylation is 1. The topological polar surface area (TPSA) is 46.1 Å². The highest BCUT2D eigenvalue weighted by Crippen LogP contribution is 2.31. The van der Waals surface area contributed by atoms with Crippen LogP contribution in [0.2, 0.25) is 5.02 Å². The summed E-state index contributed by atoms with van der Waals surface area (Å²) in [6.07, 6.45) is 1.88. The molecule has 0 saturated heterocycles. The van der Waals surface area contributed by atoms with Crippen LogP contribution in [0.1, 0.15) is 35.7 Å². The number of anilines is 1. The van der Waals surface area contributed by atoms with E-state index in [2.05, 4.69) is 17.1 Å². The summed E-state index contributed by atoms with van der Waals surface area (Å²) in [5, 5.41) is 10.6. The SMILES string of the molecule is CCCCN(C(=O)c1cccc(Cl)c1)c1nnc(-c2ccccc2C)s1. The summed E-state index contributed by atoms with van der Waals surface area (Å²) in [7, 11) is 0. The maximum atomic E-state index is 13.0. The van der Waals surface area contributed by atoms with Crippen LogP contribution in [0.4, 0.5) is 5.13 Å². The van der Waals surface area contributed by atoms with Crippen molar-refractivity contribution in [1.82, 2.24) is 10.2 Å². The molecule has 1 amide bonds. The molecule has 4 nitrogen and oxygen atoms in total. The number of amides is 1. The number of aromatic nitrogens is 2. The number of benzene rings is 2. The molecular formula is C20H20ClN3OS. The number of carbonyl (C=O) groups excluding carboxylic acids is 1. The van der Waals surface area contributed by atoms with E-state index >= 15 is 0 Å². The molecule has 0 atom stereocenters. The Balaban J connectivity index is 1.93. The number of halogens is 1. The Kier molecular flexibility index (Phi) is 6.01. The predicted octanol–water partition coefficient (Wildman–Crippen LogP) is 5.61. The molecule has 0 bridgehead atoms. The van der Waals surface area contributed by atoms with Gasteiger partial charge in [0.1, 0.15) is 5.01 Å². The van der Waals surface area contributed by atoms with Crippen LogP contribution in [0.15, 0.2) is 48.5 Å². The van der Waals surface area contributed by atoms with Crippen molar-refractivity contribution in [1.29, 1.82) is 0 Å². The number of rotatable bonds is 6. The fourth-order valence-corrected chi connectivity index (χ4v) is 3.77. The normalized spacial score (nSPS) is 10.7. The van der Waals surface area contributed by atoms with E-state index in [1.807, 2.05) is 31.2 Å². The lowest BCUT2D eigenvalue weighted by atomic mass is 10.1. The molecule has 3 aromatic rings. The second kappa shape index (κ2) is 8.43. The van der Waals surface area contributed by atoms with E-state index in [0.717, 1.165) is 29.0 Å². The first-order chi connectivity index (χ1) is 12.6. The maximum absolute atomic E-state index is 13.0. The van der Waals surface area contributed by atoms with E-state index in [4.69, 9.17) is 11.6 Å². The van der Waals surface area contributed by atoms with Gasteiger partial charge in [-0.2, -0.15) is 0 Å². The van der Waals surface area contributed by atoms with E-state index in [1.165, 1.54) is 11.3 Å². The molecule has 0 unspecified atom stereocenters. The molecule has 0 aliphatic carbocycles. The fraction of sp³-hybridized carbons (Fsp3) is 0.250. The molecule has 0 fully saturated rings. The maximum Gasteiger partial charge on any atom is 0.260 e. The molecule has 0 saturated carbocycles. The van der Waals surface area contributed by atoms with E-state index in [9.17, 15) is 4.79 Å². The molecule has 0 aliphatic rings. The zero-order valence-electron chi connectivity index (χ0n) is 14.8. The minimum Gasteiger partial charge on any atom is -0.283 e. The lowest BCUT2D eigenvalue weighted by molar-refractivity contribution is 0.0986. The number of nitrogens with zero attached hydrogens (tertiary/aromatic N) is 3. The molecule has 0 radical (unpaired) electrons. The second-order valence-electron chi connectivity index (χ2n) is 6.03. The summed E-state index contributed by atoms with van der Waals surface area (Å²) in [5.74, 6) is -0.103. The van der Waals surface area contributed by atoms with E-state index < -0.39 is 0 Å². The van der Waals surface area contributed by atoms with Crippen LogP contribution < -0.4 is 4.90 Å². The van der Waals surface area contributed by atoms with Crippen molar-refractivity contribution in [3.8, 4) is 10.6 Å². The summed E-state index contributed by atoms with van der Waals surface area (Å²) < 4.78 is 0. The first-order valence-electron chi connectivity index (χ1n) is 8.57. The highest BCUT2D eigenvalue weighted by molar-refractivity contribution is 7.18. The lowest BCUT2D eigenvalue weighted by Crippen LogP contribution is -2.31. The average Bonchev–Trinajstić information content (AvgIpc) is 3.12. The Morgan fingerprint density at radius 2 is 1.96 bits per heavy atom. The smallest absolute Gasteiger partial charge is 0.260 e. The molecule has 0 aliphatic heterocycles. The molecule has 6 heteroatoms. The third kappa shape index (κ3) is 4.11. The summed E-state index contributed by atoms with van der Waals surface area (Å²) >= 11 is 7.49. The fourth-order valence-electron chi connectivity index (χ4n) is 2.62. The highest BCUT2D eigenvalue weighted by atomic mass is 35.5. The van der Waals surface area contributed by atoms with Crippen molar-refractivity contribution >= 4 is 34.0 Å². The molecule has 0 spiro atoms. The van der Waals surface area contributed by atoms with Crippen molar-refractivity contribution in [3.63, 3.8) is 0 Å². The second-order valence-corrected chi connectivity index (χ2v) is 7.42. The quantitative estimate of drug-likeness (QED) is 0.553. The molecule has 1 aromatic heterocycles. The van der Waals surface area contributed by atoms with Crippen molar-refractivity contribution < 1.29 is 4.79 Å². The Morgan fingerprint density at radius 1 is 1.15 bits per heavy atom. The van der Waals surface area contributed by atoms with Crippen LogP contribution in [-0.2, 0) is 0 Å². The van der Waals surface area contributed by atoms with Gasteiger partial charge in [0.05, 0.1) is 0 Å². The minimum atomic E-state index is -0.103. The zero-order valence-corrected chi connectivity index (χ0v) is 16.3. The van der Waals surface area contributed by atoms with Crippen LogP contribution >= 0.6 is 22.9 Å². The monoisotopic (exact) mass is 385 g/mol. The number of hydrogen-bond donors (Lipinski definition) is 0. The van der Waals surface area contributed by atoms with Gasteiger partial charge in [0.2, 0.25) is 5.13 Å². The van der Waals surface area contributed by atoms with Gasteiger partial charge in [-0.05, 0) is 37.1 Å². The molecule has 3 rings (SSSR count). The van der Waals surface area contributed by atoms with Crippen molar-refractivity contribution in [2.45, 2.75) is 26.7 Å². The van der Waals surface area contributed by atoms with Gasteiger partial charge in [0.15, 0.2) is 0 Å². The first kappa shape index (κ1) is 18.5. The lowest BCUT2D eigenvalue weighted by Gasteiger charge is -2.19.